The lowest BCUT2D eigenvalue weighted by atomic mass is 9.85. The highest BCUT2D eigenvalue weighted by Gasteiger charge is 2.39. The lowest BCUT2D eigenvalue weighted by molar-refractivity contribution is 0.241. The van der Waals surface area contributed by atoms with E-state index in [1.807, 2.05) is 11.8 Å². The van der Waals surface area contributed by atoms with Crippen LogP contribution in [0.5, 0.6) is 0 Å². The van der Waals surface area contributed by atoms with Crippen molar-refractivity contribution in [2.24, 2.45) is 17.1 Å². The molecule has 1 aliphatic rings. The van der Waals surface area contributed by atoms with Crippen molar-refractivity contribution in [2.45, 2.75) is 32.7 Å². The zero-order valence-electron chi connectivity index (χ0n) is 10.6. The molecule has 15 heavy (non-hydrogen) atoms. The summed E-state index contributed by atoms with van der Waals surface area (Å²) in [6.45, 7) is 6.97. The van der Waals surface area contributed by atoms with Crippen molar-refractivity contribution in [1.29, 1.82) is 0 Å². The third kappa shape index (κ3) is 3.65. The third-order valence-corrected chi connectivity index (χ3v) is 4.38. The maximum absolute atomic E-state index is 6.30. The number of rotatable bonds is 5. The van der Waals surface area contributed by atoms with Crippen molar-refractivity contribution in [3.8, 4) is 0 Å². The standard InChI is InChI=1S/C12H26N2S/c1-12(2)6-5-10(11(12)13)9-14(3)7-8-15-4/h10-11H,5-9,13H2,1-4H3. The first kappa shape index (κ1) is 13.3. The third-order valence-electron chi connectivity index (χ3n) is 3.79. The second-order valence-corrected chi connectivity index (χ2v) is 6.55. The molecule has 0 aliphatic heterocycles. The largest absolute Gasteiger partial charge is 0.327 e. The molecular weight excluding hydrogens is 204 g/mol. The quantitative estimate of drug-likeness (QED) is 0.784. The molecule has 1 saturated carbocycles. The molecule has 0 aromatic carbocycles. The molecule has 2 unspecified atom stereocenters. The van der Waals surface area contributed by atoms with E-state index in [0.717, 1.165) is 0 Å². The summed E-state index contributed by atoms with van der Waals surface area (Å²) in [5.74, 6) is 1.92. The number of nitrogens with zero attached hydrogens (tertiary/aromatic N) is 1. The number of thioether (sulfide) groups is 1. The van der Waals surface area contributed by atoms with Gasteiger partial charge >= 0.3 is 0 Å². The van der Waals surface area contributed by atoms with Crippen LogP contribution in [0.1, 0.15) is 26.7 Å². The Morgan fingerprint density at radius 3 is 2.60 bits per heavy atom. The van der Waals surface area contributed by atoms with E-state index in [-0.39, 0.29) is 0 Å². The van der Waals surface area contributed by atoms with Crippen LogP contribution in [0.25, 0.3) is 0 Å². The van der Waals surface area contributed by atoms with Gasteiger partial charge in [-0.05, 0) is 37.5 Å². The van der Waals surface area contributed by atoms with Crippen LogP contribution >= 0.6 is 11.8 Å². The first-order valence-electron chi connectivity index (χ1n) is 5.90. The molecule has 2 N–H and O–H groups in total. The van der Waals surface area contributed by atoms with Crippen LogP contribution in [0.15, 0.2) is 0 Å². The van der Waals surface area contributed by atoms with Gasteiger partial charge in [-0.3, -0.25) is 0 Å². The Morgan fingerprint density at radius 2 is 2.13 bits per heavy atom. The number of hydrogen-bond donors (Lipinski definition) is 1. The Kier molecular flexibility index (Phi) is 4.94. The predicted molar refractivity (Wildman–Crippen MR) is 70.4 cm³/mol. The minimum atomic E-state index is 0.352. The second kappa shape index (κ2) is 5.55. The molecule has 0 saturated heterocycles. The van der Waals surface area contributed by atoms with Crippen LogP contribution in [0.2, 0.25) is 0 Å². The van der Waals surface area contributed by atoms with E-state index in [1.54, 1.807) is 0 Å². The van der Waals surface area contributed by atoms with Gasteiger partial charge in [0, 0.05) is 24.9 Å². The SMILES string of the molecule is CSCCN(C)CC1CCC(C)(C)C1N. The minimum absolute atomic E-state index is 0.352. The molecule has 0 aromatic heterocycles. The van der Waals surface area contributed by atoms with Gasteiger partial charge < -0.3 is 10.6 Å². The normalized spacial score (nSPS) is 30.0. The lowest BCUT2D eigenvalue weighted by Crippen LogP contribution is -2.41. The zero-order chi connectivity index (χ0) is 11.5. The molecule has 0 amide bonds. The van der Waals surface area contributed by atoms with Crippen molar-refractivity contribution >= 4 is 11.8 Å². The van der Waals surface area contributed by atoms with Gasteiger partial charge in [0.15, 0.2) is 0 Å². The number of hydrogen-bond acceptors (Lipinski definition) is 3. The fraction of sp³-hybridized carbons (Fsp3) is 1.00. The lowest BCUT2D eigenvalue weighted by Gasteiger charge is -2.29. The van der Waals surface area contributed by atoms with Crippen molar-refractivity contribution in [1.82, 2.24) is 4.90 Å². The maximum Gasteiger partial charge on any atom is 0.0131 e. The van der Waals surface area contributed by atoms with E-state index in [2.05, 4.69) is 32.1 Å². The first-order valence-corrected chi connectivity index (χ1v) is 7.30. The van der Waals surface area contributed by atoms with Gasteiger partial charge in [-0.25, -0.2) is 0 Å². The van der Waals surface area contributed by atoms with E-state index in [1.165, 1.54) is 31.7 Å². The molecular formula is C12H26N2S. The topological polar surface area (TPSA) is 29.3 Å². The molecule has 1 rings (SSSR count). The molecule has 3 heteroatoms. The molecule has 1 aliphatic carbocycles. The van der Waals surface area contributed by atoms with Crippen LogP contribution in [0.3, 0.4) is 0 Å². The average molecular weight is 230 g/mol. The average Bonchev–Trinajstić information content (AvgIpc) is 2.42. The highest BCUT2D eigenvalue weighted by molar-refractivity contribution is 7.98. The summed E-state index contributed by atoms with van der Waals surface area (Å²) in [5, 5.41) is 0. The van der Waals surface area contributed by atoms with E-state index < -0.39 is 0 Å². The van der Waals surface area contributed by atoms with Crippen LogP contribution in [0, 0.1) is 11.3 Å². The van der Waals surface area contributed by atoms with Gasteiger partial charge in [-0.1, -0.05) is 13.8 Å². The van der Waals surface area contributed by atoms with Crippen molar-refractivity contribution in [3.63, 3.8) is 0 Å². The maximum atomic E-state index is 6.30. The highest BCUT2D eigenvalue weighted by atomic mass is 32.2. The van der Waals surface area contributed by atoms with Gasteiger partial charge in [0.2, 0.25) is 0 Å². The van der Waals surface area contributed by atoms with Crippen molar-refractivity contribution in [3.05, 3.63) is 0 Å². The van der Waals surface area contributed by atoms with Gasteiger partial charge in [-0.15, -0.1) is 0 Å². The van der Waals surface area contributed by atoms with Crippen molar-refractivity contribution in [2.75, 3.05) is 32.1 Å². The molecule has 2 atom stereocenters. The van der Waals surface area contributed by atoms with Crippen LogP contribution in [0.4, 0.5) is 0 Å². The summed E-state index contributed by atoms with van der Waals surface area (Å²) < 4.78 is 0. The Bertz CT molecular complexity index is 194. The molecule has 1 fully saturated rings. The second-order valence-electron chi connectivity index (χ2n) is 5.57. The molecule has 90 valence electrons. The Hall–Kier alpha value is 0.270. The van der Waals surface area contributed by atoms with E-state index in [0.29, 0.717) is 17.4 Å². The summed E-state index contributed by atoms with van der Waals surface area (Å²) in [6, 6.07) is 0.384. The van der Waals surface area contributed by atoms with Gasteiger partial charge in [0.1, 0.15) is 0 Å². The van der Waals surface area contributed by atoms with E-state index in [9.17, 15) is 0 Å². The Labute approximate surface area is 99.0 Å². The molecule has 0 bridgehead atoms. The van der Waals surface area contributed by atoms with Gasteiger partial charge in [0.25, 0.3) is 0 Å². The van der Waals surface area contributed by atoms with Crippen LogP contribution < -0.4 is 5.73 Å². The molecule has 0 spiro atoms. The number of nitrogens with two attached hydrogens (primary N) is 1. The van der Waals surface area contributed by atoms with E-state index in [4.69, 9.17) is 5.73 Å². The van der Waals surface area contributed by atoms with Gasteiger partial charge in [0.05, 0.1) is 0 Å². The van der Waals surface area contributed by atoms with E-state index >= 15 is 0 Å². The predicted octanol–water partition coefficient (Wildman–Crippen LogP) is 2.04. The summed E-state index contributed by atoms with van der Waals surface area (Å²) >= 11 is 1.92. The smallest absolute Gasteiger partial charge is 0.0131 e. The molecule has 0 heterocycles. The highest BCUT2D eigenvalue weighted by Crippen LogP contribution is 2.40. The zero-order valence-corrected chi connectivity index (χ0v) is 11.4. The molecule has 0 radical (unpaired) electrons. The first-order chi connectivity index (χ1) is 6.97. The fourth-order valence-electron chi connectivity index (χ4n) is 2.49. The Balaban J connectivity index is 2.33. The Morgan fingerprint density at radius 1 is 1.47 bits per heavy atom. The summed E-state index contributed by atoms with van der Waals surface area (Å²) in [7, 11) is 2.22. The van der Waals surface area contributed by atoms with Crippen molar-refractivity contribution < 1.29 is 0 Å². The molecule has 0 aromatic rings. The summed E-state index contributed by atoms with van der Waals surface area (Å²) in [6.07, 6.45) is 4.76. The monoisotopic (exact) mass is 230 g/mol. The summed E-state index contributed by atoms with van der Waals surface area (Å²) in [5.41, 5.74) is 6.65. The van der Waals surface area contributed by atoms with Gasteiger partial charge in [-0.2, -0.15) is 11.8 Å². The fourth-order valence-corrected chi connectivity index (χ4v) is 2.98. The van der Waals surface area contributed by atoms with Crippen LogP contribution in [-0.4, -0.2) is 43.1 Å². The summed E-state index contributed by atoms with van der Waals surface area (Å²) in [4.78, 5) is 2.43. The van der Waals surface area contributed by atoms with Crippen LogP contribution in [-0.2, 0) is 0 Å². The molecule has 2 nitrogen and oxygen atoms in total. The minimum Gasteiger partial charge on any atom is -0.327 e.